The summed E-state index contributed by atoms with van der Waals surface area (Å²) in [6.07, 6.45) is 2.25. The number of phenols is 1. The lowest BCUT2D eigenvalue weighted by Gasteiger charge is -2.15. The fourth-order valence-electron chi connectivity index (χ4n) is 2.48. The van der Waals surface area contributed by atoms with Crippen LogP contribution in [0.25, 0.3) is 6.08 Å². The first-order chi connectivity index (χ1) is 11.1. The molecule has 1 saturated heterocycles. The maximum absolute atomic E-state index is 12.0. The molecule has 1 fully saturated rings. The van der Waals surface area contributed by atoms with Gasteiger partial charge in [0.1, 0.15) is 11.4 Å². The molecule has 2 aromatic rings. The van der Waals surface area contributed by atoms with Gasteiger partial charge in [-0.05, 0) is 35.8 Å². The Hall–Kier alpha value is -3.08. The minimum Gasteiger partial charge on any atom is -0.508 e. The fraction of sp³-hybridized carbons (Fsp3) is 0.111. The van der Waals surface area contributed by atoms with Crippen LogP contribution in [0.15, 0.2) is 60.3 Å². The molecule has 1 aliphatic heterocycles. The van der Waals surface area contributed by atoms with Gasteiger partial charge in [-0.15, -0.1) is 0 Å². The third-order valence-corrected chi connectivity index (χ3v) is 3.63. The molecule has 5 heteroatoms. The van der Waals surface area contributed by atoms with E-state index in [0.29, 0.717) is 18.5 Å². The van der Waals surface area contributed by atoms with Gasteiger partial charge in [-0.25, -0.2) is 4.79 Å². The van der Waals surface area contributed by atoms with Crippen molar-refractivity contribution in [3.05, 3.63) is 71.4 Å². The summed E-state index contributed by atoms with van der Waals surface area (Å²) in [7, 11) is 0. The second kappa shape index (κ2) is 6.36. The Balaban J connectivity index is 1.82. The van der Waals surface area contributed by atoms with E-state index in [1.807, 2.05) is 30.3 Å². The molecular weight excluding hydrogens is 292 g/mol. The van der Waals surface area contributed by atoms with E-state index in [1.165, 1.54) is 4.90 Å². The quantitative estimate of drug-likeness (QED) is 0.673. The van der Waals surface area contributed by atoms with Gasteiger partial charge >= 0.3 is 6.03 Å². The van der Waals surface area contributed by atoms with E-state index in [2.05, 4.69) is 5.32 Å². The summed E-state index contributed by atoms with van der Waals surface area (Å²) in [4.78, 5) is 25.4. The summed E-state index contributed by atoms with van der Waals surface area (Å²) < 4.78 is 0. The number of carbonyl (C=O) groups excluding carboxylic acids is 2. The molecule has 5 nitrogen and oxygen atoms in total. The Bertz CT molecular complexity index is 769. The summed E-state index contributed by atoms with van der Waals surface area (Å²) in [6.45, 7) is 0.409. The van der Waals surface area contributed by atoms with Crippen LogP contribution in [0.4, 0.5) is 4.79 Å². The zero-order chi connectivity index (χ0) is 16.2. The number of imide groups is 1. The van der Waals surface area contributed by atoms with Gasteiger partial charge in [0, 0.05) is 6.54 Å². The molecule has 116 valence electrons. The molecule has 0 saturated carbocycles. The van der Waals surface area contributed by atoms with Crippen molar-refractivity contribution in [1.29, 1.82) is 0 Å². The average Bonchev–Trinajstić information content (AvgIpc) is 2.80. The van der Waals surface area contributed by atoms with Crippen molar-refractivity contribution < 1.29 is 14.7 Å². The molecule has 0 unspecified atom stereocenters. The van der Waals surface area contributed by atoms with Crippen molar-refractivity contribution in [1.82, 2.24) is 10.2 Å². The molecule has 1 aliphatic rings. The standard InChI is InChI=1S/C18H16N2O3/c21-15-8-4-7-14(11-15)12-16-17(22)19-18(23)20(16)10-9-13-5-2-1-3-6-13/h1-8,11-12,21H,9-10H2,(H,19,22,23)/b16-12-. The van der Waals surface area contributed by atoms with Gasteiger partial charge in [0.15, 0.2) is 0 Å². The molecule has 1 heterocycles. The highest BCUT2D eigenvalue weighted by Crippen LogP contribution is 2.20. The number of phenolic OH excluding ortho intramolecular Hbond substituents is 1. The van der Waals surface area contributed by atoms with E-state index in [9.17, 15) is 14.7 Å². The van der Waals surface area contributed by atoms with E-state index in [-0.39, 0.29) is 11.4 Å². The number of nitrogens with one attached hydrogen (secondary N) is 1. The number of carbonyl (C=O) groups is 2. The predicted octanol–water partition coefficient (Wildman–Crippen LogP) is 2.53. The third-order valence-electron chi connectivity index (χ3n) is 3.63. The highest BCUT2D eigenvalue weighted by molar-refractivity contribution is 6.14. The molecule has 0 radical (unpaired) electrons. The van der Waals surface area contributed by atoms with Gasteiger partial charge in [0.2, 0.25) is 0 Å². The zero-order valence-corrected chi connectivity index (χ0v) is 12.4. The van der Waals surface area contributed by atoms with Gasteiger partial charge in [-0.1, -0.05) is 42.5 Å². The lowest BCUT2D eigenvalue weighted by atomic mass is 10.1. The van der Waals surface area contributed by atoms with Gasteiger partial charge in [-0.2, -0.15) is 0 Å². The summed E-state index contributed by atoms with van der Waals surface area (Å²) in [5, 5.41) is 11.8. The van der Waals surface area contributed by atoms with Gasteiger partial charge in [-0.3, -0.25) is 15.0 Å². The number of aromatic hydroxyl groups is 1. The number of amides is 3. The molecule has 23 heavy (non-hydrogen) atoms. The van der Waals surface area contributed by atoms with Crippen LogP contribution in [0.2, 0.25) is 0 Å². The molecule has 0 aliphatic carbocycles. The van der Waals surface area contributed by atoms with Crippen molar-refractivity contribution in [2.45, 2.75) is 6.42 Å². The van der Waals surface area contributed by atoms with E-state index in [1.54, 1.807) is 30.3 Å². The lowest BCUT2D eigenvalue weighted by Crippen LogP contribution is -2.29. The average molecular weight is 308 g/mol. The Morgan fingerprint density at radius 3 is 2.57 bits per heavy atom. The van der Waals surface area contributed by atoms with Crippen molar-refractivity contribution in [2.75, 3.05) is 6.54 Å². The van der Waals surface area contributed by atoms with Crippen LogP contribution in [0.1, 0.15) is 11.1 Å². The topological polar surface area (TPSA) is 69.6 Å². The predicted molar refractivity (Wildman–Crippen MR) is 86.5 cm³/mol. The molecule has 2 aromatic carbocycles. The Morgan fingerprint density at radius 1 is 1.04 bits per heavy atom. The Kier molecular flexibility index (Phi) is 4.10. The first-order valence-corrected chi connectivity index (χ1v) is 7.31. The number of urea groups is 1. The highest BCUT2D eigenvalue weighted by Gasteiger charge is 2.32. The van der Waals surface area contributed by atoms with Crippen LogP contribution in [-0.4, -0.2) is 28.5 Å². The maximum Gasteiger partial charge on any atom is 0.329 e. The fourth-order valence-corrected chi connectivity index (χ4v) is 2.48. The number of hydrogen-bond donors (Lipinski definition) is 2. The molecule has 0 bridgehead atoms. The highest BCUT2D eigenvalue weighted by atomic mass is 16.3. The SMILES string of the molecule is O=C1NC(=O)N(CCc2ccccc2)/C1=C\c1cccc(O)c1. The molecule has 0 spiro atoms. The van der Waals surface area contributed by atoms with Gasteiger partial charge in [0.05, 0.1) is 0 Å². The van der Waals surface area contributed by atoms with Crippen LogP contribution in [-0.2, 0) is 11.2 Å². The van der Waals surface area contributed by atoms with Crippen LogP contribution in [0.3, 0.4) is 0 Å². The molecule has 3 rings (SSSR count). The Labute approximate surface area is 133 Å². The second-order valence-electron chi connectivity index (χ2n) is 5.27. The third kappa shape index (κ3) is 3.40. The van der Waals surface area contributed by atoms with Crippen molar-refractivity contribution in [2.24, 2.45) is 0 Å². The zero-order valence-electron chi connectivity index (χ0n) is 12.4. The van der Waals surface area contributed by atoms with Crippen molar-refractivity contribution >= 4 is 18.0 Å². The van der Waals surface area contributed by atoms with Crippen molar-refractivity contribution in [3.8, 4) is 5.75 Å². The minimum atomic E-state index is -0.425. The van der Waals surface area contributed by atoms with Gasteiger partial charge in [0.25, 0.3) is 5.91 Å². The molecule has 2 N–H and O–H groups in total. The van der Waals surface area contributed by atoms with Gasteiger partial charge < -0.3 is 5.11 Å². The monoisotopic (exact) mass is 308 g/mol. The van der Waals surface area contributed by atoms with E-state index in [0.717, 1.165) is 5.56 Å². The largest absolute Gasteiger partial charge is 0.508 e. The first-order valence-electron chi connectivity index (χ1n) is 7.31. The smallest absolute Gasteiger partial charge is 0.329 e. The van der Waals surface area contributed by atoms with Crippen LogP contribution in [0.5, 0.6) is 5.75 Å². The summed E-state index contributed by atoms with van der Waals surface area (Å²) in [5.41, 5.74) is 2.04. The number of hydrogen-bond acceptors (Lipinski definition) is 3. The van der Waals surface area contributed by atoms with Crippen LogP contribution < -0.4 is 5.32 Å². The molecule has 3 amide bonds. The maximum atomic E-state index is 12.0. The molecule has 0 atom stereocenters. The molecular formula is C18H16N2O3. The summed E-state index contributed by atoms with van der Waals surface area (Å²) >= 11 is 0. The van der Waals surface area contributed by atoms with E-state index >= 15 is 0 Å². The summed E-state index contributed by atoms with van der Waals surface area (Å²) in [5.74, 6) is -0.314. The number of nitrogens with zero attached hydrogens (tertiary/aromatic N) is 1. The Morgan fingerprint density at radius 2 is 1.83 bits per heavy atom. The van der Waals surface area contributed by atoms with E-state index < -0.39 is 11.9 Å². The first kappa shape index (κ1) is 14.8. The lowest BCUT2D eigenvalue weighted by molar-refractivity contribution is -0.116. The molecule has 0 aromatic heterocycles. The van der Waals surface area contributed by atoms with Crippen LogP contribution in [0, 0.1) is 0 Å². The second-order valence-corrected chi connectivity index (χ2v) is 5.27. The normalized spacial score (nSPS) is 16.0. The van der Waals surface area contributed by atoms with Crippen molar-refractivity contribution in [3.63, 3.8) is 0 Å². The minimum absolute atomic E-state index is 0.111. The summed E-state index contributed by atoms with van der Waals surface area (Å²) in [6, 6.07) is 15.9. The number of rotatable bonds is 4. The van der Waals surface area contributed by atoms with Crippen LogP contribution >= 0.6 is 0 Å². The van der Waals surface area contributed by atoms with E-state index in [4.69, 9.17) is 0 Å². The number of benzene rings is 2.